The van der Waals surface area contributed by atoms with Crippen LogP contribution in [0.3, 0.4) is 0 Å². The SMILES string of the molecule is Cc1cc(F)c([N+](=O)[O-])cc1Nc1ncc(Cl)c(Nc2ccccc2S(=O)(=O)C(C)C)n1. The largest absolute Gasteiger partial charge is 0.338 e. The van der Waals surface area contributed by atoms with Crippen LogP contribution in [0.5, 0.6) is 0 Å². The maximum atomic E-state index is 13.8. The highest BCUT2D eigenvalue weighted by atomic mass is 35.5. The van der Waals surface area contributed by atoms with Gasteiger partial charge in [0.05, 0.1) is 32.6 Å². The molecule has 1 heterocycles. The van der Waals surface area contributed by atoms with Gasteiger partial charge in [-0.2, -0.15) is 9.37 Å². The fraction of sp³-hybridized carbons (Fsp3) is 0.200. The van der Waals surface area contributed by atoms with Gasteiger partial charge in [-0.3, -0.25) is 10.1 Å². The van der Waals surface area contributed by atoms with E-state index in [1.54, 1.807) is 39.0 Å². The first-order chi connectivity index (χ1) is 15.0. The maximum Gasteiger partial charge on any atom is 0.306 e. The number of nitrogens with zero attached hydrogens (tertiary/aromatic N) is 3. The third-order valence-electron chi connectivity index (χ3n) is 4.55. The number of anilines is 4. The lowest BCUT2D eigenvalue weighted by molar-refractivity contribution is -0.387. The Kier molecular flexibility index (Phi) is 6.60. The zero-order valence-electron chi connectivity index (χ0n) is 17.3. The van der Waals surface area contributed by atoms with Crippen molar-refractivity contribution in [1.29, 1.82) is 0 Å². The molecule has 0 unspecified atom stereocenters. The van der Waals surface area contributed by atoms with Crippen LogP contribution in [-0.2, 0) is 9.84 Å². The van der Waals surface area contributed by atoms with Gasteiger partial charge in [-0.15, -0.1) is 0 Å². The summed E-state index contributed by atoms with van der Waals surface area (Å²) in [5.41, 5.74) is 0.211. The van der Waals surface area contributed by atoms with Gasteiger partial charge in [-0.05, 0) is 44.5 Å². The molecule has 0 atom stereocenters. The number of nitro groups is 1. The number of hydrogen-bond donors (Lipinski definition) is 2. The average Bonchev–Trinajstić information content (AvgIpc) is 2.72. The Morgan fingerprint density at radius 3 is 2.50 bits per heavy atom. The van der Waals surface area contributed by atoms with Gasteiger partial charge < -0.3 is 10.6 Å². The average molecular weight is 480 g/mol. The van der Waals surface area contributed by atoms with E-state index in [1.807, 2.05) is 0 Å². The summed E-state index contributed by atoms with van der Waals surface area (Å²) in [6.45, 7) is 4.73. The zero-order valence-corrected chi connectivity index (χ0v) is 18.8. The number of aryl methyl sites for hydroxylation is 1. The number of aromatic nitrogens is 2. The van der Waals surface area contributed by atoms with Crippen LogP contribution >= 0.6 is 11.6 Å². The molecule has 2 aromatic carbocycles. The molecule has 0 bridgehead atoms. The molecule has 0 aliphatic rings. The second-order valence-electron chi connectivity index (χ2n) is 7.11. The number of para-hydroxylation sites is 1. The minimum absolute atomic E-state index is 0.0186. The summed E-state index contributed by atoms with van der Waals surface area (Å²) in [6.07, 6.45) is 1.28. The highest BCUT2D eigenvalue weighted by Gasteiger charge is 2.23. The van der Waals surface area contributed by atoms with Crippen LogP contribution in [-0.4, -0.2) is 28.6 Å². The number of rotatable bonds is 7. The predicted molar refractivity (Wildman–Crippen MR) is 120 cm³/mol. The van der Waals surface area contributed by atoms with Crippen LogP contribution in [0.1, 0.15) is 19.4 Å². The second-order valence-corrected chi connectivity index (χ2v) is 9.99. The van der Waals surface area contributed by atoms with E-state index >= 15 is 0 Å². The van der Waals surface area contributed by atoms with Gasteiger partial charge in [-0.1, -0.05) is 23.7 Å². The molecule has 168 valence electrons. The highest BCUT2D eigenvalue weighted by Crippen LogP contribution is 2.31. The standard InChI is InChI=1S/C20H19ClFN5O4S/c1-11(2)32(30,31)18-7-5-4-6-15(18)24-19-13(21)10-23-20(26-19)25-16-9-17(27(28)29)14(22)8-12(16)3/h4-11H,1-3H3,(H2,23,24,25,26). The third kappa shape index (κ3) is 4.78. The minimum Gasteiger partial charge on any atom is -0.338 e. The molecule has 3 rings (SSSR count). The van der Waals surface area contributed by atoms with E-state index in [-0.39, 0.29) is 33.1 Å². The molecule has 0 radical (unpaired) electrons. The van der Waals surface area contributed by atoms with Crippen LogP contribution in [0.25, 0.3) is 0 Å². The van der Waals surface area contributed by atoms with E-state index in [0.29, 0.717) is 5.56 Å². The molecule has 12 heteroatoms. The van der Waals surface area contributed by atoms with E-state index in [0.717, 1.165) is 12.1 Å². The predicted octanol–water partition coefficient (Wildman–Crippen LogP) is 5.16. The molecule has 0 amide bonds. The first kappa shape index (κ1) is 23.4. The summed E-state index contributed by atoms with van der Waals surface area (Å²) in [5.74, 6) is -0.824. The molecule has 0 saturated carbocycles. The van der Waals surface area contributed by atoms with Crippen molar-refractivity contribution in [3.05, 3.63) is 69.1 Å². The van der Waals surface area contributed by atoms with Gasteiger partial charge in [0.15, 0.2) is 15.7 Å². The van der Waals surface area contributed by atoms with E-state index in [4.69, 9.17) is 11.6 Å². The van der Waals surface area contributed by atoms with Gasteiger partial charge in [-0.25, -0.2) is 13.4 Å². The van der Waals surface area contributed by atoms with Gasteiger partial charge in [0, 0.05) is 6.07 Å². The molecular formula is C20H19ClFN5O4S. The minimum atomic E-state index is -3.59. The number of hydrogen-bond acceptors (Lipinski definition) is 8. The van der Waals surface area contributed by atoms with E-state index in [9.17, 15) is 22.9 Å². The summed E-state index contributed by atoms with van der Waals surface area (Å²) in [7, 11) is -3.59. The first-order valence-electron chi connectivity index (χ1n) is 9.34. The molecular weight excluding hydrogens is 461 g/mol. The molecule has 0 aliphatic heterocycles. The summed E-state index contributed by atoms with van der Waals surface area (Å²) >= 11 is 6.19. The molecule has 1 aromatic heterocycles. The molecule has 9 nitrogen and oxygen atoms in total. The Balaban J connectivity index is 1.97. The van der Waals surface area contributed by atoms with Crippen molar-refractivity contribution in [3.63, 3.8) is 0 Å². The number of nitro benzene ring substituents is 1. The maximum absolute atomic E-state index is 13.8. The number of sulfone groups is 1. The molecule has 0 saturated heterocycles. The van der Waals surface area contributed by atoms with Crippen molar-refractivity contribution >= 4 is 50.3 Å². The summed E-state index contributed by atoms with van der Waals surface area (Å²) < 4.78 is 39.2. The molecule has 2 N–H and O–H groups in total. The zero-order chi connectivity index (χ0) is 23.6. The van der Waals surface area contributed by atoms with Gasteiger partial charge in [0.2, 0.25) is 11.8 Å². The quantitative estimate of drug-likeness (QED) is 0.351. The van der Waals surface area contributed by atoms with Crippen LogP contribution in [0.4, 0.5) is 33.2 Å². The van der Waals surface area contributed by atoms with Gasteiger partial charge in [0.25, 0.3) is 0 Å². The Hall–Kier alpha value is -3.31. The van der Waals surface area contributed by atoms with Crippen molar-refractivity contribution in [3.8, 4) is 0 Å². The number of halogens is 2. The summed E-state index contributed by atoms with van der Waals surface area (Å²) in [6, 6.07) is 8.40. The van der Waals surface area contributed by atoms with Crippen LogP contribution < -0.4 is 10.6 Å². The lowest BCUT2D eigenvalue weighted by Crippen LogP contribution is -2.15. The molecule has 0 fully saturated rings. The third-order valence-corrected chi connectivity index (χ3v) is 7.04. The summed E-state index contributed by atoms with van der Waals surface area (Å²) in [5, 5.41) is 16.2. The Morgan fingerprint density at radius 1 is 1.16 bits per heavy atom. The molecule has 0 aliphatic carbocycles. The van der Waals surface area contributed by atoms with Crippen LogP contribution in [0.2, 0.25) is 5.02 Å². The van der Waals surface area contributed by atoms with Crippen molar-refractivity contribution < 1.29 is 17.7 Å². The fourth-order valence-electron chi connectivity index (χ4n) is 2.77. The van der Waals surface area contributed by atoms with Crippen molar-refractivity contribution in [1.82, 2.24) is 9.97 Å². The first-order valence-corrected chi connectivity index (χ1v) is 11.3. The molecule has 0 spiro atoms. The topological polar surface area (TPSA) is 127 Å². The van der Waals surface area contributed by atoms with E-state index in [2.05, 4.69) is 20.6 Å². The van der Waals surface area contributed by atoms with Gasteiger partial charge in [0.1, 0.15) is 5.02 Å². The molecule has 3 aromatic rings. The Labute approximate surface area is 188 Å². The second kappa shape index (κ2) is 9.05. The lowest BCUT2D eigenvalue weighted by Gasteiger charge is -2.15. The van der Waals surface area contributed by atoms with Crippen molar-refractivity contribution in [2.45, 2.75) is 30.9 Å². The van der Waals surface area contributed by atoms with E-state index < -0.39 is 31.5 Å². The monoisotopic (exact) mass is 479 g/mol. The number of benzene rings is 2. The van der Waals surface area contributed by atoms with Gasteiger partial charge >= 0.3 is 5.69 Å². The number of nitrogens with one attached hydrogen (secondary N) is 2. The molecule has 32 heavy (non-hydrogen) atoms. The fourth-order valence-corrected chi connectivity index (χ4v) is 4.11. The van der Waals surface area contributed by atoms with Crippen LogP contribution in [0.15, 0.2) is 47.5 Å². The van der Waals surface area contributed by atoms with Crippen LogP contribution in [0, 0.1) is 22.9 Å². The Bertz CT molecular complexity index is 1300. The van der Waals surface area contributed by atoms with E-state index in [1.165, 1.54) is 12.3 Å². The smallest absolute Gasteiger partial charge is 0.306 e. The Morgan fingerprint density at radius 2 is 1.84 bits per heavy atom. The summed E-state index contributed by atoms with van der Waals surface area (Å²) in [4.78, 5) is 18.6. The lowest BCUT2D eigenvalue weighted by atomic mass is 10.1. The van der Waals surface area contributed by atoms with Crippen molar-refractivity contribution in [2.75, 3.05) is 10.6 Å². The normalized spacial score (nSPS) is 11.4. The highest BCUT2D eigenvalue weighted by molar-refractivity contribution is 7.92. The van der Waals surface area contributed by atoms with Crippen molar-refractivity contribution in [2.24, 2.45) is 0 Å².